The van der Waals surface area contributed by atoms with Gasteiger partial charge in [-0.1, -0.05) is 15.9 Å². The number of alkyl halides is 1. The molecule has 3 atom stereocenters. The van der Waals surface area contributed by atoms with Crippen LogP contribution in [0, 0.1) is 6.92 Å². The Hall–Kier alpha value is -1.22. The number of carbonyl (C=O) groups is 2. The van der Waals surface area contributed by atoms with Crippen molar-refractivity contribution in [1.29, 1.82) is 0 Å². The van der Waals surface area contributed by atoms with Crippen LogP contribution in [0.4, 0.5) is 0 Å². The van der Waals surface area contributed by atoms with Crippen LogP contribution in [-0.2, 0) is 20.9 Å². The van der Waals surface area contributed by atoms with Crippen LogP contribution < -0.4 is 5.82 Å². The van der Waals surface area contributed by atoms with Crippen LogP contribution >= 0.6 is 27.7 Å². The number of fused-ring (bicyclic) bond motifs is 1. The maximum Gasteiger partial charge on any atom is 0.519 e. The predicted molar refractivity (Wildman–Crippen MR) is 80.6 cm³/mol. The second-order valence-electron chi connectivity index (χ2n) is 5.70. The normalized spacial score (nSPS) is 29.2. The second-order valence-corrected chi connectivity index (χ2v) is 8.46. The minimum absolute atomic E-state index is 0.0614. The van der Waals surface area contributed by atoms with Crippen molar-refractivity contribution in [2.75, 3.05) is 0 Å². The van der Waals surface area contributed by atoms with E-state index in [4.69, 9.17) is 13.6 Å². The number of rotatable bonds is 3. The zero-order valence-corrected chi connectivity index (χ0v) is 14.5. The fraction of sp³-hybridized carbons (Fsp3) is 0.615. The van der Waals surface area contributed by atoms with Crippen molar-refractivity contribution in [2.24, 2.45) is 0 Å². The molecule has 1 amide bonds. The SMILES string of the molecule is Cc1oc(=O)oc1COC(=O)[C@@H]1N2C(=O)[C@H](Br)[C@H]2SC1(C)C. The van der Waals surface area contributed by atoms with Crippen molar-refractivity contribution in [3.05, 3.63) is 22.1 Å². The molecule has 7 nitrogen and oxygen atoms in total. The Labute approximate surface area is 138 Å². The summed E-state index contributed by atoms with van der Waals surface area (Å²) < 4.78 is 14.3. The van der Waals surface area contributed by atoms with Gasteiger partial charge >= 0.3 is 11.8 Å². The van der Waals surface area contributed by atoms with E-state index < -0.39 is 22.6 Å². The van der Waals surface area contributed by atoms with Gasteiger partial charge in [0.2, 0.25) is 5.91 Å². The minimum Gasteiger partial charge on any atom is -0.456 e. The Morgan fingerprint density at radius 1 is 1.41 bits per heavy atom. The molecule has 2 fully saturated rings. The van der Waals surface area contributed by atoms with Gasteiger partial charge in [0.05, 0.1) is 0 Å². The number of aryl methyl sites for hydroxylation is 1. The fourth-order valence-corrected chi connectivity index (χ4v) is 5.02. The van der Waals surface area contributed by atoms with Gasteiger partial charge in [0.1, 0.15) is 16.2 Å². The Bertz CT molecular complexity index is 695. The number of amides is 1. The molecule has 0 aromatic carbocycles. The van der Waals surface area contributed by atoms with Crippen molar-refractivity contribution in [1.82, 2.24) is 4.90 Å². The van der Waals surface area contributed by atoms with E-state index in [2.05, 4.69) is 15.9 Å². The monoisotopic (exact) mass is 391 g/mol. The van der Waals surface area contributed by atoms with Crippen molar-refractivity contribution in [3.63, 3.8) is 0 Å². The number of esters is 1. The first-order valence-electron chi connectivity index (χ1n) is 6.62. The number of β-lactam (4-membered cyclic amide) rings is 1. The number of halogens is 1. The molecule has 2 aliphatic rings. The average Bonchev–Trinajstić information content (AvgIpc) is 2.90. The van der Waals surface area contributed by atoms with E-state index in [1.165, 1.54) is 0 Å². The van der Waals surface area contributed by atoms with Gasteiger partial charge in [0.15, 0.2) is 18.1 Å². The van der Waals surface area contributed by atoms with Gasteiger partial charge in [0.25, 0.3) is 0 Å². The summed E-state index contributed by atoms with van der Waals surface area (Å²) in [6, 6.07) is -0.664. The zero-order valence-electron chi connectivity index (χ0n) is 12.1. The summed E-state index contributed by atoms with van der Waals surface area (Å²) in [6.07, 6.45) is 0. The van der Waals surface area contributed by atoms with Gasteiger partial charge in [-0.3, -0.25) is 4.79 Å². The molecule has 0 N–H and O–H groups in total. The van der Waals surface area contributed by atoms with Crippen LogP contribution in [0.2, 0.25) is 0 Å². The molecule has 1 aromatic heterocycles. The highest BCUT2D eigenvalue weighted by molar-refractivity contribution is 9.10. The molecule has 3 rings (SSSR count). The van der Waals surface area contributed by atoms with E-state index in [1.54, 1.807) is 23.6 Å². The number of thioether (sulfide) groups is 1. The third-order valence-corrected chi connectivity index (χ3v) is 6.59. The van der Waals surface area contributed by atoms with Crippen LogP contribution in [0.25, 0.3) is 0 Å². The highest BCUT2D eigenvalue weighted by atomic mass is 79.9. The molecular weight excluding hydrogens is 378 g/mol. The molecule has 120 valence electrons. The van der Waals surface area contributed by atoms with Crippen molar-refractivity contribution >= 4 is 39.6 Å². The van der Waals surface area contributed by atoms with Crippen LogP contribution in [0.5, 0.6) is 0 Å². The highest BCUT2D eigenvalue weighted by Crippen LogP contribution is 2.52. The summed E-state index contributed by atoms with van der Waals surface area (Å²) in [4.78, 5) is 36.6. The summed E-state index contributed by atoms with van der Waals surface area (Å²) in [5.74, 6) is -1.02. The average molecular weight is 392 g/mol. The summed E-state index contributed by atoms with van der Waals surface area (Å²) in [7, 11) is 0. The number of nitrogens with zero attached hydrogens (tertiary/aromatic N) is 1. The third kappa shape index (κ3) is 2.30. The van der Waals surface area contributed by atoms with Gasteiger partial charge in [-0.25, -0.2) is 9.59 Å². The molecule has 3 heterocycles. The maximum absolute atomic E-state index is 12.4. The summed E-state index contributed by atoms with van der Waals surface area (Å²) in [6.45, 7) is 5.15. The van der Waals surface area contributed by atoms with E-state index in [0.29, 0.717) is 0 Å². The minimum atomic E-state index is -0.833. The number of hydrogen-bond donors (Lipinski definition) is 0. The Morgan fingerprint density at radius 2 is 2.09 bits per heavy atom. The summed E-state index contributed by atoms with van der Waals surface area (Å²) in [5.41, 5.74) is 0. The van der Waals surface area contributed by atoms with Crippen molar-refractivity contribution in [3.8, 4) is 0 Å². The first-order valence-corrected chi connectivity index (χ1v) is 8.42. The smallest absolute Gasteiger partial charge is 0.456 e. The molecule has 9 heteroatoms. The van der Waals surface area contributed by atoms with E-state index in [0.717, 1.165) is 0 Å². The molecule has 0 unspecified atom stereocenters. The van der Waals surface area contributed by atoms with Crippen LogP contribution in [-0.4, -0.2) is 37.8 Å². The van der Waals surface area contributed by atoms with Gasteiger partial charge in [-0.2, -0.15) is 0 Å². The first-order chi connectivity index (χ1) is 10.2. The predicted octanol–water partition coefficient (Wildman–Crippen LogP) is 1.41. The number of carbonyl (C=O) groups excluding carboxylic acids is 2. The second kappa shape index (κ2) is 5.16. The lowest BCUT2D eigenvalue weighted by Gasteiger charge is -2.41. The molecule has 22 heavy (non-hydrogen) atoms. The molecule has 2 saturated heterocycles. The molecule has 0 saturated carbocycles. The maximum atomic E-state index is 12.4. The van der Waals surface area contributed by atoms with Crippen LogP contribution in [0.1, 0.15) is 25.4 Å². The third-order valence-electron chi connectivity index (χ3n) is 3.78. The van der Waals surface area contributed by atoms with E-state index in [9.17, 15) is 14.4 Å². The van der Waals surface area contributed by atoms with Gasteiger partial charge in [-0.05, 0) is 20.8 Å². The quantitative estimate of drug-likeness (QED) is 0.437. The van der Waals surface area contributed by atoms with E-state index in [1.807, 2.05) is 13.8 Å². The Balaban J connectivity index is 1.73. The fourth-order valence-electron chi connectivity index (χ4n) is 2.67. The number of ether oxygens (including phenoxy) is 1. The summed E-state index contributed by atoms with van der Waals surface area (Å²) in [5, 5.41) is -0.0614. The number of hydrogen-bond acceptors (Lipinski definition) is 7. The zero-order chi connectivity index (χ0) is 16.2. The Morgan fingerprint density at radius 3 is 2.68 bits per heavy atom. The van der Waals surface area contributed by atoms with E-state index >= 15 is 0 Å². The van der Waals surface area contributed by atoms with Crippen molar-refractivity contribution in [2.45, 2.75) is 48.4 Å². The van der Waals surface area contributed by atoms with Crippen molar-refractivity contribution < 1.29 is 23.2 Å². The lowest BCUT2D eigenvalue weighted by molar-refractivity contribution is -0.161. The standard InChI is InChI=1S/C13H14BrNO6S/c1-5-6(21-12(18)20-5)4-19-11(17)8-13(2,3)22-10-7(14)9(16)15(8)10/h7-8,10H,4H2,1-3H3/t7-,8-,10+/m0/s1. The first kappa shape index (κ1) is 15.7. The van der Waals surface area contributed by atoms with E-state index in [-0.39, 0.29) is 34.2 Å². The molecule has 0 radical (unpaired) electrons. The van der Waals surface area contributed by atoms with Crippen LogP contribution in [0.3, 0.4) is 0 Å². The van der Waals surface area contributed by atoms with Gasteiger partial charge < -0.3 is 18.5 Å². The summed E-state index contributed by atoms with van der Waals surface area (Å²) >= 11 is 4.88. The van der Waals surface area contributed by atoms with Gasteiger partial charge in [-0.15, -0.1) is 11.8 Å². The van der Waals surface area contributed by atoms with Gasteiger partial charge in [0, 0.05) is 4.75 Å². The topological polar surface area (TPSA) is 90.0 Å². The Kier molecular flexibility index (Phi) is 3.67. The molecule has 2 aliphatic heterocycles. The largest absolute Gasteiger partial charge is 0.519 e. The molecular formula is C13H14BrNO6S. The lowest BCUT2D eigenvalue weighted by Crippen LogP contribution is -2.63. The molecule has 0 spiro atoms. The molecule has 0 bridgehead atoms. The molecule has 1 aromatic rings. The lowest BCUT2D eigenvalue weighted by atomic mass is 9.98. The molecule has 0 aliphatic carbocycles. The highest BCUT2D eigenvalue weighted by Gasteiger charge is 2.63. The van der Waals surface area contributed by atoms with Crippen LogP contribution in [0.15, 0.2) is 13.6 Å².